The molecule has 0 spiro atoms. The molecule has 4 aromatic heterocycles. The van der Waals surface area contributed by atoms with Gasteiger partial charge in [0.25, 0.3) is 5.92 Å². The van der Waals surface area contributed by atoms with Crippen LogP contribution in [-0.2, 0) is 4.79 Å². The number of carbonyl (C=O) groups excluding carboxylic acids is 1. The van der Waals surface area contributed by atoms with Gasteiger partial charge in [0.2, 0.25) is 11.0 Å². The fourth-order valence-electron chi connectivity index (χ4n) is 4.38. The van der Waals surface area contributed by atoms with Crippen molar-refractivity contribution in [3.05, 3.63) is 42.2 Å². The third-order valence-electron chi connectivity index (χ3n) is 6.25. The van der Waals surface area contributed by atoms with E-state index in [-0.39, 0.29) is 13.0 Å². The number of anilines is 2. The molecule has 1 amide bonds. The second kappa shape index (κ2) is 10.2. The number of piperidine rings is 1. The molecule has 0 bridgehead atoms. The highest BCUT2D eigenvalue weighted by Gasteiger charge is 2.45. The van der Waals surface area contributed by atoms with Crippen molar-refractivity contribution in [1.82, 2.24) is 30.1 Å². The van der Waals surface area contributed by atoms with Gasteiger partial charge in [0.05, 0.1) is 52.9 Å². The fourth-order valence-corrected chi connectivity index (χ4v) is 5.28. The first-order valence-corrected chi connectivity index (χ1v) is 12.8. The maximum absolute atomic E-state index is 14.7. The minimum atomic E-state index is -3.13. The molecule has 1 aliphatic rings. The highest BCUT2D eigenvalue weighted by Crippen LogP contribution is 2.38. The summed E-state index contributed by atoms with van der Waals surface area (Å²) in [5.41, 5.74) is 3.52. The second-order valence-corrected chi connectivity index (χ2v) is 10.1. The normalized spacial score (nSPS) is 17.3. The van der Waals surface area contributed by atoms with Crippen LogP contribution in [0.25, 0.3) is 27.5 Å². The van der Waals surface area contributed by atoms with Crippen molar-refractivity contribution in [2.75, 3.05) is 23.3 Å². The fraction of sp³-hybridized carbons (Fsp3) is 0.320. The van der Waals surface area contributed by atoms with Gasteiger partial charge < -0.3 is 15.5 Å². The standard InChI is InChI=1S/C25H22F2N10OS/c1-14(9-28)32-19-8-20(21-4-3-17-7-16(10-29)11-31-37(17)21)30-12-18(19)23-34-35-24(39-23)36-6-5-22(33-15(2)38)25(26,27)13-36/h3-4,7-8,11-12,14,22H,5-6,13H2,1-2H3,(H,30,32)(H,33,38)/t14?,22-/m1/s1. The summed E-state index contributed by atoms with van der Waals surface area (Å²) in [5.74, 6) is -3.62. The predicted molar refractivity (Wildman–Crippen MR) is 140 cm³/mol. The summed E-state index contributed by atoms with van der Waals surface area (Å²) in [5, 5.41) is 37.5. The molecule has 1 fully saturated rings. The molecule has 0 aromatic carbocycles. The van der Waals surface area contributed by atoms with Gasteiger partial charge in [-0.3, -0.25) is 9.78 Å². The largest absolute Gasteiger partial charge is 0.369 e. The highest BCUT2D eigenvalue weighted by molar-refractivity contribution is 7.18. The third kappa shape index (κ3) is 5.19. The zero-order valence-corrected chi connectivity index (χ0v) is 21.7. The number of halogens is 2. The van der Waals surface area contributed by atoms with E-state index in [0.717, 1.165) is 16.9 Å². The van der Waals surface area contributed by atoms with Gasteiger partial charge >= 0.3 is 0 Å². The Balaban J connectivity index is 1.46. The molecule has 2 atom stereocenters. The van der Waals surface area contributed by atoms with E-state index in [1.54, 1.807) is 29.8 Å². The van der Waals surface area contributed by atoms with Crippen molar-refractivity contribution >= 4 is 33.6 Å². The monoisotopic (exact) mass is 548 g/mol. The van der Waals surface area contributed by atoms with E-state index < -0.39 is 30.5 Å². The molecule has 14 heteroatoms. The highest BCUT2D eigenvalue weighted by atomic mass is 32.1. The van der Waals surface area contributed by atoms with Crippen molar-refractivity contribution in [2.24, 2.45) is 0 Å². The molecule has 1 aliphatic heterocycles. The predicted octanol–water partition coefficient (Wildman–Crippen LogP) is 3.46. The summed E-state index contributed by atoms with van der Waals surface area (Å²) in [4.78, 5) is 17.3. The molecule has 1 saturated heterocycles. The Morgan fingerprint density at radius 1 is 1.26 bits per heavy atom. The number of pyridine rings is 1. The van der Waals surface area contributed by atoms with Gasteiger partial charge in [-0.1, -0.05) is 11.3 Å². The van der Waals surface area contributed by atoms with E-state index in [9.17, 15) is 18.8 Å². The third-order valence-corrected chi connectivity index (χ3v) is 7.27. The van der Waals surface area contributed by atoms with Crippen LogP contribution in [0.2, 0.25) is 0 Å². The Hall–Kier alpha value is -4.69. The molecule has 2 N–H and O–H groups in total. The van der Waals surface area contributed by atoms with Gasteiger partial charge in [-0.15, -0.1) is 10.2 Å². The Morgan fingerprint density at radius 2 is 2.08 bits per heavy atom. The lowest BCUT2D eigenvalue weighted by Gasteiger charge is -2.38. The lowest BCUT2D eigenvalue weighted by atomic mass is 10.0. The summed E-state index contributed by atoms with van der Waals surface area (Å²) >= 11 is 1.14. The average molecular weight is 549 g/mol. The SMILES string of the molecule is CC(=O)N[C@@H]1CCN(c2nnc(-c3cnc(-c4ccc5cc(C#N)cnn45)cc3NC(C)C#N)s2)CC1(F)F. The number of hydrogen-bond donors (Lipinski definition) is 2. The van der Waals surface area contributed by atoms with E-state index in [1.807, 2.05) is 12.1 Å². The van der Waals surface area contributed by atoms with Crippen molar-refractivity contribution < 1.29 is 13.6 Å². The molecule has 1 unspecified atom stereocenters. The number of nitrogens with zero attached hydrogens (tertiary/aromatic N) is 8. The Morgan fingerprint density at radius 3 is 2.79 bits per heavy atom. The maximum Gasteiger partial charge on any atom is 0.285 e. The first-order chi connectivity index (χ1) is 18.7. The van der Waals surface area contributed by atoms with Crippen LogP contribution < -0.4 is 15.5 Å². The lowest BCUT2D eigenvalue weighted by Crippen LogP contribution is -2.58. The molecule has 0 radical (unpaired) electrons. The van der Waals surface area contributed by atoms with Crippen LogP contribution >= 0.6 is 11.3 Å². The zero-order chi connectivity index (χ0) is 27.7. The van der Waals surface area contributed by atoms with Crippen LogP contribution in [-0.4, -0.2) is 61.8 Å². The molecule has 5 heterocycles. The van der Waals surface area contributed by atoms with E-state index in [0.29, 0.717) is 38.3 Å². The zero-order valence-electron chi connectivity index (χ0n) is 20.9. The molecular weight excluding hydrogens is 526 g/mol. The molecule has 0 saturated carbocycles. The summed E-state index contributed by atoms with van der Waals surface area (Å²) < 4.78 is 31.1. The number of alkyl halides is 2. The van der Waals surface area contributed by atoms with Gasteiger partial charge in [0, 0.05) is 25.4 Å². The number of aromatic nitrogens is 5. The minimum absolute atomic E-state index is 0.0689. The van der Waals surface area contributed by atoms with Crippen molar-refractivity contribution in [1.29, 1.82) is 10.5 Å². The molecule has 4 aromatic rings. The van der Waals surface area contributed by atoms with Crippen LogP contribution in [0.5, 0.6) is 0 Å². The molecule has 0 aliphatic carbocycles. The number of hydrogen-bond acceptors (Lipinski definition) is 10. The number of carbonyl (C=O) groups is 1. The summed E-state index contributed by atoms with van der Waals surface area (Å²) in [6.07, 6.45) is 3.12. The van der Waals surface area contributed by atoms with Crippen LogP contribution in [0.15, 0.2) is 36.7 Å². The quantitative estimate of drug-likeness (QED) is 0.369. The summed E-state index contributed by atoms with van der Waals surface area (Å²) in [6.45, 7) is 2.61. The van der Waals surface area contributed by atoms with Crippen molar-refractivity contribution in [3.63, 3.8) is 0 Å². The van der Waals surface area contributed by atoms with Gasteiger partial charge in [-0.05, 0) is 37.6 Å². The Kier molecular flexibility index (Phi) is 6.80. The number of amides is 1. The van der Waals surface area contributed by atoms with Gasteiger partial charge in [0.1, 0.15) is 12.1 Å². The number of rotatable bonds is 6. The number of nitrogens with one attached hydrogen (secondary N) is 2. The Bertz CT molecular complexity index is 1640. The summed E-state index contributed by atoms with van der Waals surface area (Å²) in [7, 11) is 0. The first-order valence-electron chi connectivity index (χ1n) is 12.0. The van der Waals surface area contributed by atoms with Gasteiger partial charge in [-0.2, -0.15) is 15.6 Å². The smallest absolute Gasteiger partial charge is 0.285 e. The average Bonchev–Trinajstić information content (AvgIpc) is 3.56. The second-order valence-electron chi connectivity index (χ2n) is 9.14. The van der Waals surface area contributed by atoms with Crippen LogP contribution in [0, 0.1) is 22.7 Å². The molecule has 11 nitrogen and oxygen atoms in total. The van der Waals surface area contributed by atoms with Gasteiger partial charge in [-0.25, -0.2) is 13.3 Å². The van der Waals surface area contributed by atoms with E-state index in [4.69, 9.17) is 5.26 Å². The Labute approximate surface area is 225 Å². The molecule has 5 rings (SSSR count). The number of nitriles is 2. The molecule has 198 valence electrons. The van der Waals surface area contributed by atoms with Gasteiger partial charge in [0.15, 0.2) is 5.01 Å². The minimum Gasteiger partial charge on any atom is -0.369 e. The van der Waals surface area contributed by atoms with E-state index >= 15 is 0 Å². The van der Waals surface area contributed by atoms with Crippen LogP contribution in [0.3, 0.4) is 0 Å². The van der Waals surface area contributed by atoms with E-state index in [2.05, 4.69) is 43.1 Å². The van der Waals surface area contributed by atoms with Crippen LogP contribution in [0.4, 0.5) is 19.6 Å². The van der Waals surface area contributed by atoms with Crippen LogP contribution in [0.1, 0.15) is 25.8 Å². The molecular formula is C25H22F2N10OS. The van der Waals surface area contributed by atoms with Crippen molar-refractivity contribution in [3.8, 4) is 34.1 Å². The summed E-state index contributed by atoms with van der Waals surface area (Å²) in [6, 6.07) is 9.56. The lowest BCUT2D eigenvalue weighted by molar-refractivity contribution is -0.124. The number of fused-ring (bicyclic) bond motifs is 1. The first kappa shape index (κ1) is 25.9. The van der Waals surface area contributed by atoms with E-state index in [1.165, 1.54) is 18.0 Å². The molecule has 39 heavy (non-hydrogen) atoms. The van der Waals surface area contributed by atoms with Crippen molar-refractivity contribution in [2.45, 2.75) is 38.3 Å². The topological polar surface area (TPSA) is 148 Å². The maximum atomic E-state index is 14.7.